The van der Waals surface area contributed by atoms with Gasteiger partial charge in [0.2, 0.25) is 0 Å². The van der Waals surface area contributed by atoms with Gasteiger partial charge < -0.3 is 19.3 Å². The molecular formula is C27H29ClF3N5O. The third kappa shape index (κ3) is 5.43. The number of carbonyl (C=O) groups excluding carboxylic acids is 1. The van der Waals surface area contributed by atoms with Crippen molar-refractivity contribution < 1.29 is 18.0 Å². The monoisotopic (exact) mass is 531 g/mol. The van der Waals surface area contributed by atoms with Gasteiger partial charge in [-0.2, -0.15) is 0 Å². The van der Waals surface area contributed by atoms with Gasteiger partial charge in [-0.1, -0.05) is 23.7 Å². The van der Waals surface area contributed by atoms with E-state index < -0.39 is 17.5 Å². The minimum absolute atomic E-state index is 0.0755. The molecule has 2 saturated heterocycles. The number of aromatic nitrogens is 1. The van der Waals surface area contributed by atoms with Gasteiger partial charge >= 0.3 is 0 Å². The number of hydrogen-bond donors (Lipinski definition) is 0. The third-order valence-electron chi connectivity index (χ3n) is 7.15. The lowest BCUT2D eigenvalue weighted by molar-refractivity contribution is 0.0737. The Morgan fingerprint density at radius 3 is 2.14 bits per heavy atom. The standard InChI is InChI=1S/C27H29ClF3N5O/c1-32-17-19(18-33-6-8-35(9-7-33)24-5-3-2-4-21(24)28)14-25(32)27(37)36-12-10-34(11-13-36)20-15-22(29)26(31)23(30)16-20/h2-5,14-17H,6-13,18H2,1H3. The van der Waals surface area contributed by atoms with E-state index >= 15 is 0 Å². The number of amides is 1. The number of benzene rings is 2. The minimum Gasteiger partial charge on any atom is -0.368 e. The van der Waals surface area contributed by atoms with Crippen molar-refractivity contribution in [3.8, 4) is 0 Å². The van der Waals surface area contributed by atoms with Crippen LogP contribution in [0.15, 0.2) is 48.7 Å². The van der Waals surface area contributed by atoms with Crippen LogP contribution in [0.25, 0.3) is 0 Å². The van der Waals surface area contributed by atoms with Gasteiger partial charge in [-0.05, 0) is 23.8 Å². The van der Waals surface area contributed by atoms with Crippen LogP contribution < -0.4 is 9.80 Å². The first-order chi connectivity index (χ1) is 17.8. The van der Waals surface area contributed by atoms with Crippen molar-refractivity contribution in [2.75, 3.05) is 62.2 Å². The summed E-state index contributed by atoms with van der Waals surface area (Å²) in [6.07, 6.45) is 1.99. The molecule has 0 aliphatic carbocycles. The summed E-state index contributed by atoms with van der Waals surface area (Å²) in [4.78, 5) is 21.4. The predicted octanol–water partition coefficient (Wildman–Crippen LogP) is 4.38. The molecule has 2 aromatic carbocycles. The van der Waals surface area contributed by atoms with Gasteiger partial charge in [0.15, 0.2) is 17.5 Å². The van der Waals surface area contributed by atoms with Crippen LogP contribution in [-0.4, -0.2) is 72.6 Å². The molecule has 0 spiro atoms. The van der Waals surface area contributed by atoms with Crippen molar-refractivity contribution in [1.29, 1.82) is 0 Å². The first-order valence-electron chi connectivity index (χ1n) is 12.4. The number of aryl methyl sites for hydroxylation is 1. The topological polar surface area (TPSA) is 35.0 Å². The summed E-state index contributed by atoms with van der Waals surface area (Å²) in [5, 5.41) is 0.764. The molecule has 10 heteroatoms. The van der Waals surface area contributed by atoms with E-state index in [1.807, 2.05) is 48.1 Å². The van der Waals surface area contributed by atoms with E-state index in [0.29, 0.717) is 31.9 Å². The van der Waals surface area contributed by atoms with Crippen LogP contribution in [-0.2, 0) is 13.6 Å². The Balaban J connectivity index is 1.16. The zero-order valence-corrected chi connectivity index (χ0v) is 21.4. The fourth-order valence-corrected chi connectivity index (χ4v) is 5.36. The SMILES string of the molecule is Cn1cc(CN2CCN(c3ccccc3Cl)CC2)cc1C(=O)N1CCN(c2cc(F)c(F)c(F)c2)CC1. The molecule has 0 radical (unpaired) electrons. The van der Waals surface area contributed by atoms with Gasteiger partial charge in [0.25, 0.3) is 5.91 Å². The Hall–Kier alpha value is -3.17. The van der Waals surface area contributed by atoms with Crippen molar-refractivity contribution in [1.82, 2.24) is 14.4 Å². The molecule has 0 N–H and O–H groups in total. The highest BCUT2D eigenvalue weighted by atomic mass is 35.5. The van der Waals surface area contributed by atoms with Crippen molar-refractivity contribution >= 4 is 28.9 Å². The Morgan fingerprint density at radius 2 is 1.49 bits per heavy atom. The maximum Gasteiger partial charge on any atom is 0.270 e. The maximum atomic E-state index is 13.6. The van der Waals surface area contributed by atoms with E-state index in [9.17, 15) is 18.0 Å². The summed E-state index contributed by atoms with van der Waals surface area (Å²) in [6, 6.07) is 11.8. The molecule has 2 fully saturated rings. The molecule has 2 aliphatic heterocycles. The number of rotatable bonds is 5. The number of nitrogens with zero attached hydrogens (tertiary/aromatic N) is 5. The Morgan fingerprint density at radius 1 is 0.865 bits per heavy atom. The van der Waals surface area contributed by atoms with Crippen molar-refractivity contribution in [3.63, 3.8) is 0 Å². The summed E-state index contributed by atoms with van der Waals surface area (Å²) >= 11 is 6.35. The average Bonchev–Trinajstić information content (AvgIpc) is 3.27. The number of piperazine rings is 2. The Kier molecular flexibility index (Phi) is 7.35. The van der Waals surface area contributed by atoms with Crippen molar-refractivity contribution in [2.24, 2.45) is 7.05 Å². The number of para-hydroxylation sites is 1. The molecule has 0 atom stereocenters. The van der Waals surface area contributed by atoms with Gasteiger partial charge in [-0.3, -0.25) is 9.69 Å². The number of anilines is 2. The zero-order chi connectivity index (χ0) is 26.1. The summed E-state index contributed by atoms with van der Waals surface area (Å²) < 4.78 is 42.4. The highest BCUT2D eigenvalue weighted by molar-refractivity contribution is 6.33. The smallest absolute Gasteiger partial charge is 0.270 e. The summed E-state index contributed by atoms with van der Waals surface area (Å²) in [6.45, 7) is 5.95. The van der Waals surface area contributed by atoms with Gasteiger partial charge in [-0.25, -0.2) is 13.2 Å². The second-order valence-electron chi connectivity index (χ2n) is 9.56. The molecule has 0 saturated carbocycles. The lowest BCUT2D eigenvalue weighted by Crippen LogP contribution is -2.49. The van der Waals surface area contributed by atoms with Crippen LogP contribution in [0.3, 0.4) is 0 Å². The molecule has 0 bridgehead atoms. The lowest BCUT2D eigenvalue weighted by Gasteiger charge is -2.36. The van der Waals surface area contributed by atoms with Crippen LogP contribution in [0.2, 0.25) is 5.02 Å². The molecule has 2 aliphatic rings. The molecule has 1 aromatic heterocycles. The van der Waals surface area contributed by atoms with E-state index in [1.165, 1.54) is 0 Å². The highest BCUT2D eigenvalue weighted by Crippen LogP contribution is 2.27. The quantitative estimate of drug-likeness (QED) is 0.458. The number of halogens is 4. The molecule has 3 aromatic rings. The van der Waals surface area contributed by atoms with Gasteiger partial charge in [0, 0.05) is 90.0 Å². The molecule has 37 heavy (non-hydrogen) atoms. The van der Waals surface area contributed by atoms with Gasteiger partial charge in [0.05, 0.1) is 10.7 Å². The molecule has 0 unspecified atom stereocenters. The fourth-order valence-electron chi connectivity index (χ4n) is 5.10. The fraction of sp³-hybridized carbons (Fsp3) is 0.370. The molecule has 3 heterocycles. The van der Waals surface area contributed by atoms with Crippen molar-refractivity contribution in [3.05, 3.63) is 82.4 Å². The second-order valence-corrected chi connectivity index (χ2v) is 9.97. The van der Waals surface area contributed by atoms with E-state index in [2.05, 4.69) is 9.80 Å². The number of carbonyl (C=O) groups is 1. The van der Waals surface area contributed by atoms with Crippen LogP contribution in [0.1, 0.15) is 16.1 Å². The Bertz CT molecular complexity index is 1260. The van der Waals surface area contributed by atoms with Crippen LogP contribution in [0.5, 0.6) is 0 Å². The zero-order valence-electron chi connectivity index (χ0n) is 20.6. The van der Waals surface area contributed by atoms with Crippen molar-refractivity contribution in [2.45, 2.75) is 6.54 Å². The third-order valence-corrected chi connectivity index (χ3v) is 7.47. The van der Waals surface area contributed by atoms with E-state index in [4.69, 9.17) is 11.6 Å². The van der Waals surface area contributed by atoms with E-state index in [1.54, 1.807) is 9.80 Å². The van der Waals surface area contributed by atoms with Gasteiger partial charge in [-0.15, -0.1) is 0 Å². The first-order valence-corrected chi connectivity index (χ1v) is 12.7. The maximum absolute atomic E-state index is 13.6. The molecule has 5 rings (SSSR count). The average molecular weight is 532 g/mol. The lowest BCUT2D eigenvalue weighted by atomic mass is 10.2. The molecule has 1 amide bonds. The van der Waals surface area contributed by atoms with Crippen LogP contribution in [0, 0.1) is 17.5 Å². The van der Waals surface area contributed by atoms with Crippen LogP contribution in [0.4, 0.5) is 24.5 Å². The summed E-state index contributed by atoms with van der Waals surface area (Å²) in [5.74, 6) is -3.97. The Labute approximate surface area is 219 Å². The predicted molar refractivity (Wildman–Crippen MR) is 139 cm³/mol. The van der Waals surface area contributed by atoms with E-state index in [-0.39, 0.29) is 11.6 Å². The normalized spacial score (nSPS) is 16.9. The molecular weight excluding hydrogens is 503 g/mol. The molecule has 6 nitrogen and oxygen atoms in total. The second kappa shape index (κ2) is 10.7. The minimum atomic E-state index is -1.47. The first kappa shape index (κ1) is 25.5. The summed E-state index contributed by atoms with van der Waals surface area (Å²) in [5.41, 5.74) is 3.02. The summed E-state index contributed by atoms with van der Waals surface area (Å²) in [7, 11) is 1.87. The number of hydrogen-bond acceptors (Lipinski definition) is 4. The highest BCUT2D eigenvalue weighted by Gasteiger charge is 2.26. The van der Waals surface area contributed by atoms with Gasteiger partial charge in [0.1, 0.15) is 5.69 Å². The van der Waals surface area contributed by atoms with E-state index in [0.717, 1.165) is 61.1 Å². The van der Waals surface area contributed by atoms with Crippen LogP contribution >= 0.6 is 11.6 Å². The molecule has 196 valence electrons. The largest absolute Gasteiger partial charge is 0.368 e.